The van der Waals surface area contributed by atoms with Crippen LogP contribution in [0.25, 0.3) is 0 Å². The molecule has 0 radical (unpaired) electrons. The summed E-state index contributed by atoms with van der Waals surface area (Å²) < 4.78 is 15.8. The minimum atomic E-state index is 0.654. The van der Waals surface area contributed by atoms with E-state index in [1.54, 1.807) is 7.11 Å². The lowest BCUT2D eigenvalue weighted by Gasteiger charge is -2.14. The SMILES string of the molecule is COc1c(I)cc(Oc2c(I)cc(CCN)cc2I)cc1I. The molecule has 0 bridgehead atoms. The molecular weight excluding hydrogens is 734 g/mol. The van der Waals surface area contributed by atoms with E-state index in [1.807, 2.05) is 12.1 Å². The molecule has 7 heteroatoms. The topological polar surface area (TPSA) is 44.5 Å². The zero-order valence-corrected chi connectivity index (χ0v) is 20.3. The van der Waals surface area contributed by atoms with Gasteiger partial charge in [-0.2, -0.15) is 0 Å². The Bertz CT molecular complexity index is 645. The van der Waals surface area contributed by atoms with Gasteiger partial charge in [0.1, 0.15) is 11.5 Å². The lowest BCUT2D eigenvalue weighted by molar-refractivity contribution is 0.406. The summed E-state index contributed by atoms with van der Waals surface area (Å²) in [5.41, 5.74) is 6.87. The van der Waals surface area contributed by atoms with Crippen LogP contribution in [0.4, 0.5) is 0 Å². The molecule has 0 aromatic heterocycles. The Morgan fingerprint density at radius 1 is 0.864 bits per heavy atom. The number of hydrogen-bond acceptors (Lipinski definition) is 3. The second kappa shape index (κ2) is 8.85. The Hall–Kier alpha value is 0.920. The molecule has 118 valence electrons. The van der Waals surface area contributed by atoms with Crippen molar-refractivity contribution < 1.29 is 9.47 Å². The first-order valence-corrected chi connectivity index (χ1v) is 10.7. The van der Waals surface area contributed by atoms with Crippen LogP contribution in [0.2, 0.25) is 0 Å². The Labute approximate surface area is 184 Å². The number of methoxy groups -OCH3 is 1. The highest BCUT2D eigenvalue weighted by atomic mass is 127. The fourth-order valence-electron chi connectivity index (χ4n) is 1.93. The van der Waals surface area contributed by atoms with Crippen molar-refractivity contribution >= 4 is 90.4 Å². The summed E-state index contributed by atoms with van der Waals surface area (Å²) in [6.07, 6.45) is 0.880. The minimum absolute atomic E-state index is 0.654. The van der Waals surface area contributed by atoms with Crippen molar-refractivity contribution in [3.63, 3.8) is 0 Å². The average Bonchev–Trinajstić information content (AvgIpc) is 2.43. The van der Waals surface area contributed by atoms with E-state index in [1.165, 1.54) is 5.56 Å². The van der Waals surface area contributed by atoms with Crippen molar-refractivity contribution in [1.82, 2.24) is 0 Å². The number of hydrogen-bond donors (Lipinski definition) is 1. The summed E-state index contributed by atoms with van der Waals surface area (Å²) in [6.45, 7) is 0.654. The molecule has 2 aromatic rings. The molecule has 0 atom stereocenters. The monoisotopic (exact) mass is 747 g/mol. The predicted octanol–water partition coefficient (Wildman–Crippen LogP) is 5.41. The molecule has 0 unspecified atom stereocenters. The number of nitrogens with two attached hydrogens (primary N) is 1. The van der Waals surface area contributed by atoms with Crippen LogP contribution in [0.5, 0.6) is 17.2 Å². The van der Waals surface area contributed by atoms with Gasteiger partial charge in [-0.1, -0.05) is 0 Å². The van der Waals surface area contributed by atoms with Crippen LogP contribution in [-0.2, 0) is 6.42 Å². The normalized spacial score (nSPS) is 10.6. The van der Waals surface area contributed by atoms with E-state index in [0.29, 0.717) is 6.54 Å². The maximum atomic E-state index is 6.12. The van der Waals surface area contributed by atoms with Crippen molar-refractivity contribution in [3.8, 4) is 17.2 Å². The average molecular weight is 747 g/mol. The van der Waals surface area contributed by atoms with Crippen LogP contribution in [0.15, 0.2) is 24.3 Å². The second-order valence-corrected chi connectivity index (χ2v) is 9.10. The maximum absolute atomic E-state index is 6.12. The van der Waals surface area contributed by atoms with Gasteiger partial charge in [-0.05, 0) is 133 Å². The summed E-state index contributed by atoms with van der Waals surface area (Å²) in [6, 6.07) is 8.23. The Balaban J connectivity index is 2.35. The number of ether oxygens (including phenoxy) is 2. The van der Waals surface area contributed by atoms with Crippen molar-refractivity contribution in [3.05, 3.63) is 44.1 Å². The number of benzene rings is 2. The predicted molar refractivity (Wildman–Crippen MR) is 123 cm³/mol. The van der Waals surface area contributed by atoms with Crippen molar-refractivity contribution in [1.29, 1.82) is 0 Å². The first kappa shape index (κ1) is 19.2. The molecule has 2 rings (SSSR count). The Kier molecular flexibility index (Phi) is 7.74. The van der Waals surface area contributed by atoms with Crippen molar-refractivity contribution in [2.75, 3.05) is 13.7 Å². The number of halogens is 4. The number of rotatable bonds is 5. The van der Waals surface area contributed by atoms with Gasteiger partial charge in [0.2, 0.25) is 0 Å². The largest absolute Gasteiger partial charge is 0.495 e. The van der Waals surface area contributed by atoms with Crippen molar-refractivity contribution in [2.24, 2.45) is 5.73 Å². The summed E-state index contributed by atoms with van der Waals surface area (Å²) in [4.78, 5) is 0. The van der Waals surface area contributed by atoms with E-state index >= 15 is 0 Å². The van der Waals surface area contributed by atoms with Gasteiger partial charge in [-0.25, -0.2) is 0 Å². The molecule has 0 aliphatic carbocycles. The van der Waals surface area contributed by atoms with Gasteiger partial charge in [-0.3, -0.25) is 0 Å². The quantitative estimate of drug-likeness (QED) is 0.417. The molecule has 0 amide bonds. The van der Waals surface area contributed by atoms with Crippen LogP contribution in [0, 0.1) is 14.3 Å². The molecule has 0 saturated carbocycles. The Morgan fingerprint density at radius 2 is 1.36 bits per heavy atom. The molecular formula is C15H13I4NO2. The molecule has 0 heterocycles. The van der Waals surface area contributed by atoms with Crippen LogP contribution < -0.4 is 15.2 Å². The summed E-state index contributed by atoms with van der Waals surface area (Å²) in [5, 5.41) is 0. The van der Waals surface area contributed by atoms with Gasteiger partial charge in [0, 0.05) is 0 Å². The van der Waals surface area contributed by atoms with Gasteiger partial charge in [-0.15, -0.1) is 0 Å². The highest BCUT2D eigenvalue weighted by Gasteiger charge is 2.13. The zero-order valence-electron chi connectivity index (χ0n) is 11.6. The van der Waals surface area contributed by atoms with Crippen LogP contribution in [0.1, 0.15) is 5.56 Å². The molecule has 22 heavy (non-hydrogen) atoms. The summed E-state index contributed by atoms with van der Waals surface area (Å²) in [5.74, 6) is 2.59. The van der Waals surface area contributed by atoms with Crippen LogP contribution >= 0.6 is 90.4 Å². The summed E-state index contributed by atoms with van der Waals surface area (Å²) in [7, 11) is 1.68. The highest BCUT2D eigenvalue weighted by Crippen LogP contribution is 2.37. The summed E-state index contributed by atoms with van der Waals surface area (Å²) >= 11 is 9.14. The Morgan fingerprint density at radius 3 is 1.82 bits per heavy atom. The van der Waals surface area contributed by atoms with E-state index in [-0.39, 0.29) is 0 Å². The standard InChI is InChI=1S/C15H13I4NO2/c1-21-14-12(18)6-9(7-13(14)19)22-15-10(16)4-8(2-3-20)5-11(15)17/h4-7H,2-3,20H2,1H3. The fourth-order valence-corrected chi connectivity index (χ4v) is 6.20. The van der Waals surface area contributed by atoms with E-state index in [0.717, 1.165) is 38.0 Å². The smallest absolute Gasteiger partial charge is 0.154 e. The van der Waals surface area contributed by atoms with Gasteiger partial charge in [0.25, 0.3) is 0 Å². The first-order valence-electron chi connectivity index (χ1n) is 6.35. The van der Waals surface area contributed by atoms with Gasteiger partial charge in [0.05, 0.1) is 21.4 Å². The van der Waals surface area contributed by atoms with E-state index in [9.17, 15) is 0 Å². The molecule has 0 saturated heterocycles. The maximum Gasteiger partial charge on any atom is 0.154 e. The van der Waals surface area contributed by atoms with Crippen LogP contribution in [-0.4, -0.2) is 13.7 Å². The van der Waals surface area contributed by atoms with Gasteiger partial charge < -0.3 is 15.2 Å². The molecule has 0 aliphatic heterocycles. The minimum Gasteiger partial charge on any atom is -0.495 e. The lowest BCUT2D eigenvalue weighted by atomic mass is 10.1. The van der Waals surface area contributed by atoms with E-state index in [4.69, 9.17) is 15.2 Å². The molecule has 3 nitrogen and oxygen atoms in total. The third kappa shape index (κ3) is 4.72. The van der Waals surface area contributed by atoms with Gasteiger partial charge in [0.15, 0.2) is 5.75 Å². The third-order valence-corrected chi connectivity index (χ3v) is 6.09. The molecule has 2 aromatic carbocycles. The molecule has 0 aliphatic rings. The molecule has 0 fully saturated rings. The zero-order chi connectivity index (χ0) is 16.3. The second-order valence-electron chi connectivity index (χ2n) is 4.45. The van der Waals surface area contributed by atoms with E-state index in [2.05, 4.69) is 102 Å². The van der Waals surface area contributed by atoms with Crippen molar-refractivity contribution in [2.45, 2.75) is 6.42 Å². The van der Waals surface area contributed by atoms with E-state index < -0.39 is 0 Å². The first-order chi connectivity index (χ1) is 10.5. The molecule has 0 spiro atoms. The fraction of sp³-hybridized carbons (Fsp3) is 0.200. The lowest BCUT2D eigenvalue weighted by Crippen LogP contribution is -2.04. The highest BCUT2D eigenvalue weighted by molar-refractivity contribution is 14.1. The van der Waals surface area contributed by atoms with Crippen LogP contribution in [0.3, 0.4) is 0 Å². The van der Waals surface area contributed by atoms with Gasteiger partial charge >= 0.3 is 0 Å². The third-order valence-electron chi connectivity index (χ3n) is 2.89. The molecule has 2 N–H and O–H groups in total.